The zero-order valence-corrected chi connectivity index (χ0v) is 45.1. The third-order valence-corrected chi connectivity index (χ3v) is 12.3. The summed E-state index contributed by atoms with van der Waals surface area (Å²) in [6.45, 7) is 4.41. The first-order valence-electron chi connectivity index (χ1n) is 27.5. The monoisotopic (exact) mass is 1000 g/mol. The van der Waals surface area contributed by atoms with Gasteiger partial charge in [-0.15, -0.1) is 0 Å². The maximum Gasteiger partial charge on any atom is 0.472 e. The molecule has 0 aliphatic heterocycles. The van der Waals surface area contributed by atoms with E-state index < -0.39 is 57.8 Å². The molecule has 3 unspecified atom stereocenters. The second kappa shape index (κ2) is 52.0. The molecule has 0 aromatic heterocycles. The molecule has 12 heteroatoms. The number of aliphatic hydroxyl groups excluding tert-OH is 1. The summed E-state index contributed by atoms with van der Waals surface area (Å²) in [5.41, 5.74) is 0. The highest BCUT2D eigenvalue weighted by molar-refractivity contribution is 7.47. The van der Waals surface area contributed by atoms with Gasteiger partial charge in [-0.1, -0.05) is 196 Å². The van der Waals surface area contributed by atoms with Crippen molar-refractivity contribution in [3.8, 4) is 0 Å². The normalized spacial score (nSPS) is 14.1. The van der Waals surface area contributed by atoms with Crippen LogP contribution in [0.5, 0.6) is 0 Å². The van der Waals surface area contributed by atoms with Crippen molar-refractivity contribution in [3.05, 3.63) is 85.1 Å². The Morgan fingerprint density at radius 1 is 0.414 bits per heavy atom. The van der Waals surface area contributed by atoms with E-state index in [1.54, 1.807) is 0 Å². The van der Waals surface area contributed by atoms with Crippen molar-refractivity contribution in [2.24, 2.45) is 0 Å². The van der Waals surface area contributed by atoms with Gasteiger partial charge in [-0.25, -0.2) is 4.57 Å². The average Bonchev–Trinajstić information content (AvgIpc) is 3.35. The van der Waals surface area contributed by atoms with Gasteiger partial charge in [-0.2, -0.15) is 0 Å². The number of carbonyl (C=O) groups excluding carboxylic acids is 3. The Balaban J connectivity index is 4.81. The van der Waals surface area contributed by atoms with E-state index in [1.165, 1.54) is 51.4 Å². The van der Waals surface area contributed by atoms with Crippen LogP contribution in [-0.4, -0.2) is 66.5 Å². The molecular weight excluding hydrogens is 904 g/mol. The Hall–Kier alpha value is -3.34. The third kappa shape index (κ3) is 49.6. The molecule has 402 valence electrons. The molecule has 70 heavy (non-hydrogen) atoms. The van der Waals surface area contributed by atoms with E-state index in [-0.39, 0.29) is 25.9 Å². The molecule has 0 saturated carbocycles. The number of allylic oxidation sites excluding steroid dienone is 14. The Morgan fingerprint density at radius 2 is 0.743 bits per heavy atom. The lowest BCUT2D eigenvalue weighted by Gasteiger charge is -2.21. The summed E-state index contributed by atoms with van der Waals surface area (Å²) in [6.07, 6.45) is 58.4. The number of ether oxygens (including phenoxy) is 3. The molecule has 2 N–H and O–H groups in total. The Morgan fingerprint density at radius 3 is 1.19 bits per heavy atom. The van der Waals surface area contributed by atoms with Gasteiger partial charge in [0.25, 0.3) is 0 Å². The van der Waals surface area contributed by atoms with Crippen molar-refractivity contribution < 1.29 is 52.2 Å². The minimum absolute atomic E-state index is 0.142. The van der Waals surface area contributed by atoms with Crippen LogP contribution in [0.1, 0.15) is 226 Å². The number of unbranched alkanes of at least 4 members (excludes halogenated alkanes) is 19. The van der Waals surface area contributed by atoms with Crippen LogP contribution in [0.2, 0.25) is 0 Å². The second-order valence-corrected chi connectivity index (χ2v) is 19.5. The van der Waals surface area contributed by atoms with Crippen molar-refractivity contribution >= 4 is 25.7 Å². The molecule has 0 spiro atoms. The summed E-state index contributed by atoms with van der Waals surface area (Å²) in [5, 5.41) is 9.76. The van der Waals surface area contributed by atoms with Crippen LogP contribution in [0, 0.1) is 0 Å². The van der Waals surface area contributed by atoms with E-state index in [4.69, 9.17) is 23.3 Å². The Labute approximate surface area is 426 Å². The summed E-state index contributed by atoms with van der Waals surface area (Å²) in [4.78, 5) is 48.3. The van der Waals surface area contributed by atoms with Crippen LogP contribution < -0.4 is 0 Å². The molecular formula is C58H99O11P. The topological polar surface area (TPSA) is 155 Å². The predicted octanol–water partition coefficient (Wildman–Crippen LogP) is 15.9. The lowest BCUT2D eigenvalue weighted by atomic mass is 10.1. The number of hydrogen-bond acceptors (Lipinski definition) is 10. The molecule has 0 saturated heterocycles. The van der Waals surface area contributed by atoms with Gasteiger partial charge in [0.05, 0.1) is 19.8 Å². The predicted molar refractivity (Wildman–Crippen MR) is 288 cm³/mol. The van der Waals surface area contributed by atoms with Crippen LogP contribution in [-0.2, 0) is 42.2 Å². The number of aliphatic hydroxyl groups is 1. The minimum Gasteiger partial charge on any atom is -0.462 e. The van der Waals surface area contributed by atoms with Gasteiger partial charge in [-0.3, -0.25) is 23.4 Å². The van der Waals surface area contributed by atoms with E-state index >= 15 is 0 Å². The van der Waals surface area contributed by atoms with E-state index in [0.717, 1.165) is 116 Å². The van der Waals surface area contributed by atoms with Crippen molar-refractivity contribution in [2.75, 3.05) is 26.4 Å². The first-order valence-corrected chi connectivity index (χ1v) is 29.0. The van der Waals surface area contributed by atoms with E-state index in [9.17, 15) is 28.9 Å². The molecule has 0 heterocycles. The minimum atomic E-state index is -4.75. The van der Waals surface area contributed by atoms with Crippen LogP contribution in [0.4, 0.5) is 0 Å². The first-order chi connectivity index (χ1) is 34.2. The van der Waals surface area contributed by atoms with Gasteiger partial charge in [0, 0.05) is 19.3 Å². The lowest BCUT2D eigenvalue weighted by Crippen LogP contribution is -2.30. The van der Waals surface area contributed by atoms with E-state index in [1.807, 2.05) is 0 Å². The molecule has 0 rings (SSSR count). The summed E-state index contributed by atoms with van der Waals surface area (Å²) in [5.74, 6) is -1.52. The van der Waals surface area contributed by atoms with Gasteiger partial charge < -0.3 is 24.2 Å². The van der Waals surface area contributed by atoms with Crippen LogP contribution in [0.3, 0.4) is 0 Å². The molecule has 0 aliphatic carbocycles. The number of carbonyl (C=O) groups is 3. The van der Waals surface area contributed by atoms with Crippen molar-refractivity contribution in [1.29, 1.82) is 0 Å². The number of hydrogen-bond donors (Lipinski definition) is 2. The first kappa shape index (κ1) is 66.7. The Kier molecular flexibility index (Phi) is 49.5. The maximum absolute atomic E-state index is 12.9. The molecule has 11 nitrogen and oxygen atoms in total. The fourth-order valence-electron chi connectivity index (χ4n) is 7.12. The molecule has 0 amide bonds. The lowest BCUT2D eigenvalue weighted by molar-refractivity contribution is -0.161. The molecule has 0 aromatic rings. The number of phosphoric ester groups is 1. The molecule has 0 radical (unpaired) electrons. The van der Waals surface area contributed by atoms with Gasteiger partial charge in [-0.05, 0) is 96.3 Å². The van der Waals surface area contributed by atoms with Crippen molar-refractivity contribution in [3.63, 3.8) is 0 Å². The third-order valence-electron chi connectivity index (χ3n) is 11.3. The molecule has 0 fully saturated rings. The molecule has 0 aromatic carbocycles. The largest absolute Gasteiger partial charge is 0.472 e. The second-order valence-electron chi connectivity index (χ2n) is 18.0. The molecule has 3 atom stereocenters. The number of phosphoric acid groups is 1. The van der Waals surface area contributed by atoms with Crippen LogP contribution in [0.15, 0.2) is 85.1 Å². The van der Waals surface area contributed by atoms with Gasteiger partial charge in [0.15, 0.2) is 6.10 Å². The number of esters is 3. The van der Waals surface area contributed by atoms with Crippen LogP contribution >= 0.6 is 7.82 Å². The van der Waals surface area contributed by atoms with Crippen molar-refractivity contribution in [2.45, 2.75) is 238 Å². The SMILES string of the molecule is CC/C=C\C/C=C\C/C=C\C/C=C\C/C=C\CCCCCC(=O)OCC(COP(=O)(O)OCC(CO)OC(=O)CCCCCCCCCCC)OC(=O)CCCCCCC/C=C\C/C=C\CCCCC. The molecule has 0 aliphatic rings. The number of rotatable bonds is 50. The summed E-state index contributed by atoms with van der Waals surface area (Å²) >= 11 is 0. The Bertz CT molecular complexity index is 1500. The van der Waals surface area contributed by atoms with Gasteiger partial charge in [0.2, 0.25) is 0 Å². The summed E-state index contributed by atoms with van der Waals surface area (Å²) in [6, 6.07) is 0. The fourth-order valence-corrected chi connectivity index (χ4v) is 7.90. The molecule has 0 bridgehead atoms. The standard InChI is InChI=1S/C58H99O11P/c1-4-7-10-13-16-19-21-23-25-26-27-28-30-31-33-36-38-41-44-47-56(60)65-51-55(69-58(62)49-46-43-40-37-34-32-29-24-22-20-17-14-11-8-5-2)53-67-70(63,64)66-52-54(50-59)68-57(61)48-45-42-39-35-18-15-12-9-6-3/h7,10,16-17,19-20,23-25,27-29,31,33,54-55,59H,4-6,8-9,11-15,18,21-22,26,30,32,34-53H2,1-3H3,(H,63,64)/b10-7-,19-16-,20-17-,25-23-,28-27-,29-24-,33-31-. The summed E-state index contributed by atoms with van der Waals surface area (Å²) in [7, 11) is -4.75. The fraction of sp³-hybridized carbons (Fsp3) is 0.707. The maximum atomic E-state index is 12.9. The van der Waals surface area contributed by atoms with Gasteiger partial charge in [0.1, 0.15) is 12.7 Å². The average molecular weight is 1000 g/mol. The summed E-state index contributed by atoms with van der Waals surface area (Å²) < 4.78 is 39.3. The zero-order chi connectivity index (χ0) is 51.3. The van der Waals surface area contributed by atoms with E-state index in [2.05, 4.69) is 106 Å². The smallest absolute Gasteiger partial charge is 0.462 e. The quantitative estimate of drug-likeness (QED) is 0.0197. The van der Waals surface area contributed by atoms with E-state index in [0.29, 0.717) is 19.3 Å². The van der Waals surface area contributed by atoms with Crippen LogP contribution in [0.25, 0.3) is 0 Å². The van der Waals surface area contributed by atoms with Crippen molar-refractivity contribution in [1.82, 2.24) is 0 Å². The highest BCUT2D eigenvalue weighted by Crippen LogP contribution is 2.43. The highest BCUT2D eigenvalue weighted by atomic mass is 31.2. The highest BCUT2D eigenvalue weighted by Gasteiger charge is 2.28. The zero-order valence-electron chi connectivity index (χ0n) is 44.2. The van der Waals surface area contributed by atoms with Gasteiger partial charge >= 0.3 is 25.7 Å².